The molecular weight excluding hydrogens is 316 g/mol. The highest BCUT2D eigenvalue weighted by Crippen LogP contribution is 2.27. The number of nitrogens with one attached hydrogen (secondary N) is 1. The fraction of sp³-hybridized carbons (Fsp3) is 0. The minimum atomic E-state index is 0.342. The molecule has 0 aliphatic carbocycles. The molecule has 2 aromatic carbocycles. The smallest absolute Gasteiger partial charge is 0.236 e. The van der Waals surface area contributed by atoms with Crippen LogP contribution >= 0.6 is 24.2 Å². The molecule has 22 heavy (non-hydrogen) atoms. The highest BCUT2D eigenvalue weighted by molar-refractivity contribution is 7.97. The molecule has 2 aromatic heterocycles. The van der Waals surface area contributed by atoms with E-state index in [1.54, 1.807) is 0 Å². The van der Waals surface area contributed by atoms with Crippen LogP contribution in [0.15, 0.2) is 59.8 Å². The quantitative estimate of drug-likeness (QED) is 0.586. The molecule has 6 nitrogen and oxygen atoms in total. The Kier molecular flexibility index (Phi) is 3.24. The summed E-state index contributed by atoms with van der Waals surface area (Å²) in [7, 11) is 0. The Balaban J connectivity index is 1.91. The van der Waals surface area contributed by atoms with Gasteiger partial charge in [0.15, 0.2) is 5.16 Å². The molecule has 0 spiro atoms. The highest BCUT2D eigenvalue weighted by Gasteiger charge is 2.14. The first-order chi connectivity index (χ1) is 10.8. The lowest BCUT2D eigenvalue weighted by atomic mass is 10.3. The van der Waals surface area contributed by atoms with Crippen molar-refractivity contribution in [1.82, 2.24) is 29.2 Å². The second-order valence-corrected chi connectivity index (χ2v) is 5.80. The standard InChI is InChI=1S/C14H10N6S2/c21-13-16-18-20(17-13)22-14-15-11-8-4-5-9-12(11)19(14)10-6-2-1-3-7-10/h1-9H,(H,17,21). The maximum Gasteiger partial charge on any atom is 0.236 e. The van der Waals surface area contributed by atoms with Gasteiger partial charge in [0.25, 0.3) is 0 Å². The molecule has 2 heterocycles. The van der Waals surface area contributed by atoms with Gasteiger partial charge in [-0.2, -0.15) is 0 Å². The van der Waals surface area contributed by atoms with Gasteiger partial charge in [-0.05, 0) is 41.7 Å². The zero-order valence-corrected chi connectivity index (χ0v) is 12.9. The lowest BCUT2D eigenvalue weighted by Gasteiger charge is -2.07. The normalized spacial score (nSPS) is 11.1. The molecule has 8 heteroatoms. The van der Waals surface area contributed by atoms with Crippen molar-refractivity contribution >= 4 is 35.2 Å². The number of H-pyrrole nitrogens is 1. The molecule has 0 aliphatic rings. The van der Waals surface area contributed by atoms with Gasteiger partial charge in [-0.25, -0.2) is 10.1 Å². The zero-order chi connectivity index (χ0) is 14.9. The third-order valence-corrected chi connectivity index (χ3v) is 4.07. The van der Waals surface area contributed by atoms with Crippen LogP contribution in [0.2, 0.25) is 0 Å². The van der Waals surface area contributed by atoms with Crippen LogP contribution in [-0.4, -0.2) is 29.2 Å². The highest BCUT2D eigenvalue weighted by atomic mass is 32.2. The van der Waals surface area contributed by atoms with Crippen LogP contribution in [-0.2, 0) is 0 Å². The van der Waals surface area contributed by atoms with E-state index < -0.39 is 0 Å². The Bertz CT molecular complexity index is 985. The summed E-state index contributed by atoms with van der Waals surface area (Å²) in [5, 5.41) is 11.4. The Labute approximate surface area is 134 Å². The second-order valence-electron chi connectivity index (χ2n) is 4.52. The van der Waals surface area contributed by atoms with Gasteiger partial charge < -0.3 is 0 Å². The van der Waals surface area contributed by atoms with E-state index in [2.05, 4.69) is 25.0 Å². The summed E-state index contributed by atoms with van der Waals surface area (Å²) in [6.45, 7) is 0. The molecule has 0 amide bonds. The number of nitrogens with zero attached hydrogens (tertiary/aromatic N) is 5. The number of hydrogen-bond acceptors (Lipinski definition) is 5. The summed E-state index contributed by atoms with van der Waals surface area (Å²) < 4.78 is 3.93. The average molecular weight is 326 g/mol. The maximum absolute atomic E-state index is 4.95. The van der Waals surface area contributed by atoms with Crippen molar-refractivity contribution in [2.75, 3.05) is 0 Å². The fourth-order valence-corrected chi connectivity index (χ4v) is 3.18. The molecule has 4 rings (SSSR count). The molecule has 0 fully saturated rings. The molecule has 0 aliphatic heterocycles. The second kappa shape index (κ2) is 5.39. The zero-order valence-electron chi connectivity index (χ0n) is 11.2. The summed E-state index contributed by atoms with van der Waals surface area (Å²) in [6, 6.07) is 18.1. The predicted molar refractivity (Wildman–Crippen MR) is 87.5 cm³/mol. The molecular formula is C14H10N6S2. The summed E-state index contributed by atoms with van der Waals surface area (Å²) in [6.07, 6.45) is 0. The topological polar surface area (TPSA) is 64.3 Å². The molecule has 4 aromatic rings. The number of tetrazole rings is 1. The maximum atomic E-state index is 4.95. The molecule has 0 saturated heterocycles. The van der Waals surface area contributed by atoms with Gasteiger partial charge in [-0.3, -0.25) is 4.57 Å². The monoisotopic (exact) mass is 326 g/mol. The molecule has 0 atom stereocenters. The van der Waals surface area contributed by atoms with Crippen LogP contribution in [0.4, 0.5) is 0 Å². The van der Waals surface area contributed by atoms with Gasteiger partial charge in [-0.1, -0.05) is 35.4 Å². The number of aromatic nitrogens is 6. The van der Waals surface area contributed by atoms with Gasteiger partial charge in [0, 0.05) is 5.69 Å². The number of para-hydroxylation sites is 3. The molecule has 0 unspecified atom stereocenters. The average Bonchev–Trinajstić information content (AvgIpc) is 3.11. The number of hydrogen-bond donors (Lipinski definition) is 1. The number of fused-ring (bicyclic) bond motifs is 1. The van der Waals surface area contributed by atoms with Crippen LogP contribution in [0.3, 0.4) is 0 Å². The van der Waals surface area contributed by atoms with Gasteiger partial charge in [0.05, 0.1) is 23.0 Å². The van der Waals surface area contributed by atoms with Crippen molar-refractivity contribution in [1.29, 1.82) is 0 Å². The van der Waals surface area contributed by atoms with E-state index in [9.17, 15) is 0 Å². The lowest BCUT2D eigenvalue weighted by molar-refractivity contribution is 0.801. The number of benzene rings is 2. The van der Waals surface area contributed by atoms with E-state index in [0.717, 1.165) is 21.9 Å². The third-order valence-electron chi connectivity index (χ3n) is 3.12. The SMILES string of the molecule is S=c1nnn(Sc2nc3ccccc3n2-c2ccccc2)[nH]1. The van der Waals surface area contributed by atoms with Gasteiger partial charge in [0.2, 0.25) is 4.77 Å². The Morgan fingerprint density at radius 3 is 2.55 bits per heavy atom. The summed E-state index contributed by atoms with van der Waals surface area (Å²) >= 11 is 6.28. The molecule has 0 radical (unpaired) electrons. The molecule has 0 bridgehead atoms. The third kappa shape index (κ3) is 2.32. The van der Waals surface area contributed by atoms with E-state index in [1.807, 2.05) is 54.6 Å². The number of rotatable bonds is 3. The largest absolute Gasteiger partial charge is 0.286 e. The van der Waals surface area contributed by atoms with Crippen molar-refractivity contribution < 1.29 is 0 Å². The van der Waals surface area contributed by atoms with Gasteiger partial charge >= 0.3 is 0 Å². The van der Waals surface area contributed by atoms with Crippen LogP contribution in [0, 0.1) is 4.77 Å². The number of imidazole rings is 1. The van der Waals surface area contributed by atoms with Gasteiger partial charge in [-0.15, -0.1) is 4.20 Å². The van der Waals surface area contributed by atoms with Crippen molar-refractivity contribution in [3.63, 3.8) is 0 Å². The van der Waals surface area contributed by atoms with E-state index in [4.69, 9.17) is 12.2 Å². The molecule has 0 saturated carbocycles. The summed E-state index contributed by atoms with van der Waals surface area (Å²) in [4.78, 5) is 4.68. The Hall–Kier alpha value is -2.45. The summed E-state index contributed by atoms with van der Waals surface area (Å²) in [5.41, 5.74) is 3.00. The van der Waals surface area contributed by atoms with E-state index in [1.165, 1.54) is 16.1 Å². The van der Waals surface area contributed by atoms with E-state index >= 15 is 0 Å². The first-order valence-electron chi connectivity index (χ1n) is 6.54. The Morgan fingerprint density at radius 1 is 1.00 bits per heavy atom. The van der Waals surface area contributed by atoms with Crippen LogP contribution in [0.5, 0.6) is 0 Å². The molecule has 1 N–H and O–H groups in total. The van der Waals surface area contributed by atoms with Crippen LogP contribution < -0.4 is 0 Å². The Morgan fingerprint density at radius 2 is 1.77 bits per heavy atom. The van der Waals surface area contributed by atoms with E-state index in [-0.39, 0.29) is 0 Å². The van der Waals surface area contributed by atoms with Crippen molar-refractivity contribution in [3.05, 3.63) is 59.4 Å². The minimum absolute atomic E-state index is 0.342. The van der Waals surface area contributed by atoms with Crippen LogP contribution in [0.25, 0.3) is 16.7 Å². The lowest BCUT2D eigenvalue weighted by Crippen LogP contribution is -2.00. The van der Waals surface area contributed by atoms with Crippen molar-refractivity contribution in [2.24, 2.45) is 0 Å². The van der Waals surface area contributed by atoms with Crippen LogP contribution in [0.1, 0.15) is 0 Å². The van der Waals surface area contributed by atoms with Crippen molar-refractivity contribution in [3.8, 4) is 5.69 Å². The van der Waals surface area contributed by atoms with Gasteiger partial charge in [0.1, 0.15) is 0 Å². The molecule has 108 valence electrons. The fourth-order valence-electron chi connectivity index (χ4n) is 2.22. The first-order valence-corrected chi connectivity index (χ1v) is 7.73. The first kappa shape index (κ1) is 13.2. The van der Waals surface area contributed by atoms with E-state index in [0.29, 0.717) is 4.77 Å². The summed E-state index contributed by atoms with van der Waals surface area (Å²) in [5.74, 6) is 0. The minimum Gasteiger partial charge on any atom is -0.286 e. The number of aromatic amines is 1. The van der Waals surface area contributed by atoms with Crippen molar-refractivity contribution in [2.45, 2.75) is 5.16 Å². The predicted octanol–water partition coefficient (Wildman–Crippen LogP) is 3.23.